The minimum Gasteiger partial charge on any atom is -0.496 e. The Morgan fingerprint density at radius 2 is 1.66 bits per heavy atom. The number of ether oxygens (including phenoxy) is 1. The van der Waals surface area contributed by atoms with Gasteiger partial charge in [0, 0.05) is 10.0 Å². The first-order valence-electron chi connectivity index (χ1n) is 10.3. The van der Waals surface area contributed by atoms with Crippen LogP contribution < -0.4 is 14.7 Å². The van der Waals surface area contributed by atoms with Gasteiger partial charge in [0.25, 0.3) is 5.91 Å². The van der Waals surface area contributed by atoms with Crippen molar-refractivity contribution in [2.45, 2.75) is 19.1 Å². The number of amides is 2. The van der Waals surface area contributed by atoms with Gasteiger partial charge in [0.2, 0.25) is 5.91 Å². The van der Waals surface area contributed by atoms with E-state index in [1.807, 2.05) is 73.7 Å². The van der Waals surface area contributed by atoms with Crippen LogP contribution >= 0.6 is 15.9 Å². The van der Waals surface area contributed by atoms with E-state index in [0.717, 1.165) is 21.3 Å². The van der Waals surface area contributed by atoms with Gasteiger partial charge in [0.15, 0.2) is 6.10 Å². The van der Waals surface area contributed by atoms with Crippen LogP contribution in [0, 0.1) is 12.8 Å². The van der Waals surface area contributed by atoms with Gasteiger partial charge in [0.05, 0.1) is 24.5 Å². The zero-order valence-corrected chi connectivity index (χ0v) is 19.2. The van der Waals surface area contributed by atoms with Gasteiger partial charge in [-0.05, 0) is 48.9 Å². The van der Waals surface area contributed by atoms with Gasteiger partial charge < -0.3 is 4.74 Å². The molecule has 3 aromatic rings. The second-order valence-electron chi connectivity index (χ2n) is 7.84. The summed E-state index contributed by atoms with van der Waals surface area (Å²) in [4.78, 5) is 34.7. The summed E-state index contributed by atoms with van der Waals surface area (Å²) in [5, 5.41) is 1.67. The maximum absolute atomic E-state index is 13.7. The highest BCUT2D eigenvalue weighted by Crippen LogP contribution is 2.50. The molecule has 2 saturated heterocycles. The van der Waals surface area contributed by atoms with E-state index in [9.17, 15) is 9.59 Å². The maximum atomic E-state index is 13.7. The molecule has 0 unspecified atom stereocenters. The largest absolute Gasteiger partial charge is 0.496 e. The number of aryl methyl sites for hydroxylation is 1. The number of para-hydroxylation sites is 2. The number of methoxy groups -OCH3 is 1. The van der Waals surface area contributed by atoms with E-state index in [4.69, 9.17) is 9.57 Å². The van der Waals surface area contributed by atoms with Crippen molar-refractivity contribution in [2.24, 2.45) is 5.92 Å². The predicted molar refractivity (Wildman–Crippen MR) is 124 cm³/mol. The second kappa shape index (κ2) is 8.07. The van der Waals surface area contributed by atoms with Crippen molar-refractivity contribution >= 4 is 39.1 Å². The molecule has 162 valence electrons. The first kappa shape index (κ1) is 20.7. The minimum absolute atomic E-state index is 0.278. The molecule has 0 aromatic heterocycles. The van der Waals surface area contributed by atoms with Crippen LogP contribution in [-0.4, -0.2) is 25.0 Å². The average Bonchev–Trinajstić information content (AvgIpc) is 3.31. The average molecular weight is 493 g/mol. The third-order valence-corrected chi connectivity index (χ3v) is 6.49. The van der Waals surface area contributed by atoms with Crippen molar-refractivity contribution in [3.8, 4) is 5.75 Å². The Labute approximate surface area is 194 Å². The first-order valence-corrected chi connectivity index (χ1v) is 11.1. The van der Waals surface area contributed by atoms with Gasteiger partial charge in [-0.3, -0.25) is 14.4 Å². The number of benzene rings is 3. The zero-order valence-electron chi connectivity index (χ0n) is 17.6. The van der Waals surface area contributed by atoms with E-state index >= 15 is 0 Å². The Kier molecular flexibility index (Phi) is 5.23. The van der Waals surface area contributed by atoms with E-state index in [0.29, 0.717) is 11.4 Å². The standard InChI is InChI=1S/C25H21BrN2O4/c1-15-8-6-7-11-19(15)27-24(29)21-22(18-14-16(26)12-13-20(18)31-2)28(32-23(21)25(27)30)17-9-4-3-5-10-17/h3-14,21-23H,1-2H3/t21-,22+,23+/m0/s1. The van der Waals surface area contributed by atoms with Crippen LogP contribution in [0.1, 0.15) is 17.2 Å². The summed E-state index contributed by atoms with van der Waals surface area (Å²) >= 11 is 3.53. The number of anilines is 2. The number of imide groups is 1. The molecule has 2 heterocycles. The molecular weight excluding hydrogens is 472 g/mol. The van der Waals surface area contributed by atoms with Crippen LogP contribution in [0.4, 0.5) is 11.4 Å². The predicted octanol–water partition coefficient (Wildman–Crippen LogP) is 4.82. The van der Waals surface area contributed by atoms with E-state index in [-0.39, 0.29) is 11.8 Å². The Bertz CT molecular complexity index is 1200. The van der Waals surface area contributed by atoms with Crippen molar-refractivity contribution < 1.29 is 19.2 Å². The lowest BCUT2D eigenvalue weighted by Crippen LogP contribution is -2.37. The summed E-state index contributed by atoms with van der Waals surface area (Å²) in [7, 11) is 1.59. The quantitative estimate of drug-likeness (QED) is 0.488. The highest BCUT2D eigenvalue weighted by molar-refractivity contribution is 9.10. The molecule has 0 saturated carbocycles. The molecular formula is C25H21BrN2O4. The monoisotopic (exact) mass is 492 g/mol. The second-order valence-corrected chi connectivity index (χ2v) is 8.76. The first-order chi connectivity index (χ1) is 15.5. The number of halogens is 1. The van der Waals surface area contributed by atoms with Crippen LogP contribution in [0.25, 0.3) is 0 Å². The Morgan fingerprint density at radius 3 is 2.38 bits per heavy atom. The topological polar surface area (TPSA) is 59.1 Å². The molecule has 0 N–H and O–H groups in total. The number of carbonyl (C=O) groups is 2. The Morgan fingerprint density at radius 1 is 0.938 bits per heavy atom. The number of hydrogen-bond donors (Lipinski definition) is 0. The summed E-state index contributed by atoms with van der Waals surface area (Å²) in [5.41, 5.74) is 2.97. The van der Waals surface area contributed by atoms with Crippen LogP contribution in [0.2, 0.25) is 0 Å². The molecule has 2 aliphatic heterocycles. The summed E-state index contributed by atoms with van der Waals surface area (Å²) in [6.07, 6.45) is -0.920. The van der Waals surface area contributed by atoms with Crippen molar-refractivity contribution in [1.82, 2.24) is 0 Å². The normalized spacial score (nSPS) is 22.4. The number of hydroxylamine groups is 1. The van der Waals surface area contributed by atoms with E-state index < -0.39 is 18.1 Å². The fraction of sp³-hybridized carbons (Fsp3) is 0.200. The summed E-state index contributed by atoms with van der Waals surface area (Å²) < 4.78 is 6.47. The molecule has 0 radical (unpaired) electrons. The van der Waals surface area contributed by atoms with Gasteiger partial charge >= 0.3 is 0 Å². The van der Waals surface area contributed by atoms with Crippen LogP contribution in [-0.2, 0) is 14.4 Å². The Hall–Kier alpha value is -3.16. The molecule has 2 aliphatic rings. The molecule has 0 bridgehead atoms. The van der Waals surface area contributed by atoms with E-state index in [1.165, 1.54) is 4.90 Å². The van der Waals surface area contributed by atoms with Gasteiger partial charge in [-0.2, -0.15) is 0 Å². The number of fused-ring (bicyclic) bond motifs is 1. The molecule has 5 rings (SSSR count). The third-order valence-electron chi connectivity index (χ3n) is 5.99. The summed E-state index contributed by atoms with van der Waals surface area (Å²) in [6.45, 7) is 1.88. The van der Waals surface area contributed by atoms with E-state index in [1.54, 1.807) is 18.2 Å². The van der Waals surface area contributed by atoms with E-state index in [2.05, 4.69) is 15.9 Å². The molecule has 32 heavy (non-hydrogen) atoms. The van der Waals surface area contributed by atoms with Crippen molar-refractivity contribution in [2.75, 3.05) is 17.1 Å². The molecule has 0 aliphatic carbocycles. The fourth-order valence-electron chi connectivity index (χ4n) is 4.52. The number of nitrogens with zero attached hydrogens (tertiary/aromatic N) is 2. The molecule has 6 nitrogen and oxygen atoms in total. The fourth-order valence-corrected chi connectivity index (χ4v) is 4.90. The van der Waals surface area contributed by atoms with Crippen LogP contribution in [0.3, 0.4) is 0 Å². The number of hydrogen-bond acceptors (Lipinski definition) is 5. The number of rotatable bonds is 4. The molecule has 0 spiro atoms. The molecule has 2 fully saturated rings. The van der Waals surface area contributed by atoms with Crippen LogP contribution in [0.15, 0.2) is 77.3 Å². The highest BCUT2D eigenvalue weighted by atomic mass is 79.9. The highest BCUT2D eigenvalue weighted by Gasteiger charge is 2.60. The van der Waals surface area contributed by atoms with Crippen LogP contribution in [0.5, 0.6) is 5.75 Å². The lowest BCUT2D eigenvalue weighted by Gasteiger charge is -2.30. The summed E-state index contributed by atoms with van der Waals surface area (Å²) in [6, 6.07) is 22.0. The van der Waals surface area contributed by atoms with Gasteiger partial charge in [-0.1, -0.05) is 52.3 Å². The van der Waals surface area contributed by atoms with Crippen molar-refractivity contribution in [1.29, 1.82) is 0 Å². The third kappa shape index (κ3) is 3.20. The minimum atomic E-state index is -0.920. The molecule has 3 atom stereocenters. The zero-order chi connectivity index (χ0) is 22.4. The molecule has 3 aromatic carbocycles. The lowest BCUT2D eigenvalue weighted by atomic mass is 9.90. The van der Waals surface area contributed by atoms with Gasteiger partial charge in [-0.15, -0.1) is 0 Å². The van der Waals surface area contributed by atoms with Crippen molar-refractivity contribution in [3.05, 3.63) is 88.4 Å². The maximum Gasteiger partial charge on any atom is 0.266 e. The summed E-state index contributed by atoms with van der Waals surface area (Å²) in [5.74, 6) is -0.727. The van der Waals surface area contributed by atoms with Gasteiger partial charge in [-0.25, -0.2) is 9.96 Å². The van der Waals surface area contributed by atoms with Crippen molar-refractivity contribution in [3.63, 3.8) is 0 Å². The molecule has 7 heteroatoms. The Balaban J connectivity index is 1.65. The molecule has 2 amide bonds. The SMILES string of the molecule is COc1ccc(Br)cc1[C@@H]1[C@@H]2C(=O)N(c3ccccc3C)C(=O)[C@@H]2ON1c1ccccc1. The number of carbonyl (C=O) groups excluding carboxylic acids is 2. The lowest BCUT2D eigenvalue weighted by molar-refractivity contribution is -0.126. The smallest absolute Gasteiger partial charge is 0.266 e. The van der Waals surface area contributed by atoms with Gasteiger partial charge in [0.1, 0.15) is 11.7 Å².